The van der Waals surface area contributed by atoms with Gasteiger partial charge in [-0.25, -0.2) is 0 Å². The number of nitrogen functional groups attached to an aromatic ring is 1. The summed E-state index contributed by atoms with van der Waals surface area (Å²) in [6, 6.07) is 4.59. The normalized spacial score (nSPS) is 18.8. The van der Waals surface area contributed by atoms with Gasteiger partial charge in [0.2, 0.25) is 5.91 Å². The van der Waals surface area contributed by atoms with Crippen molar-refractivity contribution in [1.82, 2.24) is 4.90 Å². The lowest BCUT2D eigenvalue weighted by Crippen LogP contribution is -2.43. The van der Waals surface area contributed by atoms with E-state index in [0.717, 1.165) is 0 Å². The molecular weight excluding hydrogens is 262 g/mol. The van der Waals surface area contributed by atoms with Crippen molar-refractivity contribution in [1.29, 1.82) is 0 Å². The number of carbonyl (C=O) groups is 1. The van der Waals surface area contributed by atoms with Gasteiger partial charge in [0.1, 0.15) is 0 Å². The van der Waals surface area contributed by atoms with E-state index in [4.69, 9.17) is 5.84 Å². The Labute approximate surface area is 116 Å². The number of nitrogens with two attached hydrogens (primary N) is 1. The summed E-state index contributed by atoms with van der Waals surface area (Å²) in [5.41, 5.74) is 3.44. The van der Waals surface area contributed by atoms with E-state index in [9.17, 15) is 14.9 Å². The smallest absolute Gasteiger partial charge is 0.273 e. The van der Waals surface area contributed by atoms with Crippen LogP contribution in [0.1, 0.15) is 12.8 Å². The Morgan fingerprint density at radius 1 is 1.40 bits per heavy atom. The van der Waals surface area contributed by atoms with Crippen LogP contribution in [0.3, 0.4) is 0 Å². The van der Waals surface area contributed by atoms with E-state index in [1.807, 2.05) is 0 Å². The number of nitrogens with one attached hydrogen (secondary N) is 2. The van der Waals surface area contributed by atoms with Crippen LogP contribution in [0.25, 0.3) is 0 Å². The molecule has 1 aromatic carbocycles. The molecule has 0 spiro atoms. The largest absolute Gasteiger partial charge is 0.380 e. The van der Waals surface area contributed by atoms with Crippen molar-refractivity contribution >= 4 is 23.0 Å². The Morgan fingerprint density at radius 3 is 2.70 bits per heavy atom. The van der Waals surface area contributed by atoms with Gasteiger partial charge in [0.15, 0.2) is 0 Å². The number of likely N-dealkylation sites (N-methyl/N-ethyl adjacent to an activating group) is 1. The van der Waals surface area contributed by atoms with Crippen molar-refractivity contribution in [2.45, 2.75) is 18.9 Å². The fraction of sp³-hybridized carbons (Fsp3) is 0.417. The standard InChI is InChI=1S/C12H17N5O3/c1-16-7-8(2-3-12(16)18)14-9-4-10(15-13)6-11(5-9)17(19)20/h4-6,8,14-15H,2-3,7,13H2,1H3. The quantitative estimate of drug-likeness (QED) is 0.429. The van der Waals surface area contributed by atoms with Gasteiger partial charge in [0.05, 0.1) is 10.6 Å². The van der Waals surface area contributed by atoms with Crippen molar-refractivity contribution < 1.29 is 9.72 Å². The SMILES string of the molecule is CN1CC(Nc2cc(NN)cc([N+](=O)[O-])c2)CCC1=O. The van der Waals surface area contributed by atoms with Crippen LogP contribution in [-0.2, 0) is 4.79 Å². The van der Waals surface area contributed by atoms with Crippen LogP contribution in [0.5, 0.6) is 0 Å². The van der Waals surface area contributed by atoms with Crippen molar-refractivity contribution in [3.8, 4) is 0 Å². The number of hydrogen-bond acceptors (Lipinski definition) is 6. The number of rotatable bonds is 4. The lowest BCUT2D eigenvalue weighted by Gasteiger charge is -2.30. The van der Waals surface area contributed by atoms with Crippen LogP contribution in [0.4, 0.5) is 17.1 Å². The van der Waals surface area contributed by atoms with Crippen LogP contribution in [0.15, 0.2) is 18.2 Å². The zero-order chi connectivity index (χ0) is 14.7. The number of anilines is 2. The summed E-state index contributed by atoms with van der Waals surface area (Å²) in [6.07, 6.45) is 1.18. The number of piperidine rings is 1. The third kappa shape index (κ3) is 3.15. The van der Waals surface area contributed by atoms with E-state index in [1.54, 1.807) is 18.0 Å². The molecule has 1 fully saturated rings. The van der Waals surface area contributed by atoms with E-state index in [2.05, 4.69) is 10.7 Å². The Bertz CT molecular complexity index is 534. The molecule has 1 saturated heterocycles. The number of non-ortho nitro benzene ring substituents is 1. The third-order valence-corrected chi connectivity index (χ3v) is 3.29. The summed E-state index contributed by atoms with van der Waals surface area (Å²) >= 11 is 0. The minimum atomic E-state index is -0.470. The molecule has 1 unspecified atom stereocenters. The number of hydrogen-bond donors (Lipinski definition) is 3. The van der Waals surface area contributed by atoms with E-state index >= 15 is 0 Å². The minimum Gasteiger partial charge on any atom is -0.380 e. The summed E-state index contributed by atoms with van der Waals surface area (Å²) in [5, 5.41) is 14.1. The molecular formula is C12H17N5O3. The molecule has 8 nitrogen and oxygen atoms in total. The highest BCUT2D eigenvalue weighted by Gasteiger charge is 2.23. The summed E-state index contributed by atoms with van der Waals surface area (Å²) in [5.74, 6) is 5.42. The van der Waals surface area contributed by atoms with Gasteiger partial charge in [-0.05, 0) is 12.5 Å². The molecule has 1 heterocycles. The Morgan fingerprint density at radius 2 is 2.10 bits per heavy atom. The number of amides is 1. The lowest BCUT2D eigenvalue weighted by molar-refractivity contribution is -0.384. The van der Waals surface area contributed by atoms with Crippen LogP contribution < -0.4 is 16.6 Å². The molecule has 0 aromatic heterocycles. The lowest BCUT2D eigenvalue weighted by atomic mass is 10.1. The molecule has 2 rings (SSSR count). The van der Waals surface area contributed by atoms with E-state index in [1.165, 1.54) is 12.1 Å². The molecule has 1 aromatic rings. The van der Waals surface area contributed by atoms with Crippen molar-refractivity contribution in [3.63, 3.8) is 0 Å². The summed E-state index contributed by atoms with van der Waals surface area (Å²) in [4.78, 5) is 23.5. The number of nitro groups is 1. The Kier molecular flexibility index (Phi) is 4.04. The number of benzene rings is 1. The first-order valence-corrected chi connectivity index (χ1v) is 6.26. The van der Waals surface area contributed by atoms with E-state index in [-0.39, 0.29) is 17.6 Å². The molecule has 4 N–H and O–H groups in total. The Hall–Kier alpha value is -2.35. The first-order valence-electron chi connectivity index (χ1n) is 6.26. The van der Waals surface area contributed by atoms with Gasteiger partial charge < -0.3 is 15.6 Å². The molecule has 0 radical (unpaired) electrons. The van der Waals surface area contributed by atoms with Crippen LogP contribution in [0, 0.1) is 10.1 Å². The molecule has 1 aliphatic heterocycles. The van der Waals surface area contributed by atoms with Crippen LogP contribution in [-0.4, -0.2) is 35.4 Å². The first-order chi connectivity index (χ1) is 9.49. The zero-order valence-corrected chi connectivity index (χ0v) is 11.1. The molecule has 20 heavy (non-hydrogen) atoms. The third-order valence-electron chi connectivity index (χ3n) is 3.29. The van der Waals surface area contributed by atoms with E-state index < -0.39 is 4.92 Å². The minimum absolute atomic E-state index is 0.0387. The molecule has 8 heteroatoms. The van der Waals surface area contributed by atoms with Gasteiger partial charge >= 0.3 is 0 Å². The second-order valence-electron chi connectivity index (χ2n) is 4.82. The van der Waals surface area contributed by atoms with Crippen LogP contribution in [0.2, 0.25) is 0 Å². The predicted molar refractivity (Wildman–Crippen MR) is 75.2 cm³/mol. The van der Waals surface area contributed by atoms with Crippen LogP contribution >= 0.6 is 0 Å². The average Bonchev–Trinajstić information content (AvgIpc) is 2.42. The number of nitro benzene ring substituents is 1. The zero-order valence-electron chi connectivity index (χ0n) is 11.1. The number of likely N-dealkylation sites (tertiary alicyclic amines) is 1. The number of carbonyl (C=O) groups excluding carboxylic acids is 1. The molecule has 0 aliphatic carbocycles. The molecule has 1 amide bonds. The molecule has 1 aliphatic rings. The second-order valence-corrected chi connectivity index (χ2v) is 4.82. The fourth-order valence-electron chi connectivity index (χ4n) is 2.25. The average molecular weight is 279 g/mol. The molecule has 1 atom stereocenters. The van der Waals surface area contributed by atoms with Gasteiger partial charge in [-0.3, -0.25) is 20.8 Å². The van der Waals surface area contributed by atoms with Gasteiger partial charge in [0.25, 0.3) is 5.69 Å². The summed E-state index contributed by atoms with van der Waals surface area (Å²) < 4.78 is 0. The number of hydrazine groups is 1. The van der Waals surface area contributed by atoms with Crippen molar-refractivity contribution in [2.75, 3.05) is 24.3 Å². The highest BCUT2D eigenvalue weighted by atomic mass is 16.6. The van der Waals surface area contributed by atoms with Crippen molar-refractivity contribution in [2.24, 2.45) is 5.84 Å². The molecule has 0 saturated carbocycles. The van der Waals surface area contributed by atoms with Gasteiger partial charge in [-0.15, -0.1) is 0 Å². The monoisotopic (exact) mass is 279 g/mol. The Balaban J connectivity index is 2.14. The maximum absolute atomic E-state index is 11.4. The first kappa shape index (κ1) is 14.1. The van der Waals surface area contributed by atoms with Gasteiger partial charge in [-0.2, -0.15) is 0 Å². The molecule has 0 bridgehead atoms. The fourth-order valence-corrected chi connectivity index (χ4v) is 2.25. The maximum atomic E-state index is 11.4. The highest BCUT2D eigenvalue weighted by molar-refractivity contribution is 5.77. The highest BCUT2D eigenvalue weighted by Crippen LogP contribution is 2.25. The topological polar surface area (TPSA) is 114 Å². The predicted octanol–water partition coefficient (Wildman–Crippen LogP) is 0.913. The van der Waals surface area contributed by atoms with Gasteiger partial charge in [0, 0.05) is 43.9 Å². The summed E-state index contributed by atoms with van der Waals surface area (Å²) in [7, 11) is 1.75. The maximum Gasteiger partial charge on any atom is 0.273 e. The van der Waals surface area contributed by atoms with E-state index in [0.29, 0.717) is 30.8 Å². The van der Waals surface area contributed by atoms with Gasteiger partial charge in [-0.1, -0.05) is 0 Å². The number of nitrogens with zero attached hydrogens (tertiary/aromatic N) is 2. The second kappa shape index (κ2) is 5.74. The summed E-state index contributed by atoms with van der Waals surface area (Å²) in [6.45, 7) is 0.576. The molecule has 108 valence electrons. The van der Waals surface area contributed by atoms with Crippen molar-refractivity contribution in [3.05, 3.63) is 28.3 Å².